The van der Waals surface area contributed by atoms with Crippen LogP contribution in [0.4, 0.5) is 0 Å². The molecular weight excluding hydrogens is 268 g/mol. The summed E-state index contributed by atoms with van der Waals surface area (Å²) in [5, 5.41) is 8.63. The van der Waals surface area contributed by atoms with Crippen molar-refractivity contribution < 1.29 is 18.3 Å². The predicted octanol–water partition coefficient (Wildman–Crippen LogP) is 1.42. The van der Waals surface area contributed by atoms with Gasteiger partial charge in [-0.25, -0.2) is 23.2 Å². The van der Waals surface area contributed by atoms with Crippen molar-refractivity contribution in [2.24, 2.45) is 0 Å². The highest BCUT2D eigenvalue weighted by molar-refractivity contribution is 7.91. The lowest BCUT2D eigenvalue weighted by atomic mass is 10.0. The van der Waals surface area contributed by atoms with Gasteiger partial charge in [-0.2, -0.15) is 0 Å². The van der Waals surface area contributed by atoms with Gasteiger partial charge >= 0.3 is 5.97 Å². The van der Waals surface area contributed by atoms with Crippen LogP contribution in [0.25, 0.3) is 0 Å². The molecule has 104 valence electrons. The fourth-order valence-electron chi connectivity index (χ4n) is 2.38. The molecule has 0 atom stereocenters. The molecular formula is C12H16N2O4S. The Bertz CT molecular complexity index is 565. The number of sulfone groups is 1. The van der Waals surface area contributed by atoms with E-state index in [2.05, 4.69) is 9.97 Å². The maximum absolute atomic E-state index is 12.3. The largest absolute Gasteiger partial charge is 0.478 e. The summed E-state index contributed by atoms with van der Waals surface area (Å²) in [5.74, 6) is -1.52. The first-order chi connectivity index (χ1) is 9.00. The lowest BCUT2D eigenvalue weighted by Gasteiger charge is -2.21. The van der Waals surface area contributed by atoms with Crippen molar-refractivity contribution in [1.82, 2.24) is 9.97 Å². The van der Waals surface area contributed by atoms with Gasteiger partial charge in [0.15, 0.2) is 9.84 Å². The minimum atomic E-state index is -3.35. The second kappa shape index (κ2) is 5.64. The molecule has 1 aromatic heterocycles. The summed E-state index contributed by atoms with van der Waals surface area (Å²) in [7, 11) is -3.35. The van der Waals surface area contributed by atoms with Crippen molar-refractivity contribution in [3.8, 4) is 0 Å². The zero-order valence-electron chi connectivity index (χ0n) is 10.4. The molecule has 1 aromatic rings. The van der Waals surface area contributed by atoms with Crippen LogP contribution in [0.5, 0.6) is 0 Å². The lowest BCUT2D eigenvalue weighted by Crippen LogP contribution is -2.26. The van der Waals surface area contributed by atoms with Crippen LogP contribution in [-0.4, -0.2) is 34.7 Å². The zero-order chi connectivity index (χ0) is 13.9. The summed E-state index contributed by atoms with van der Waals surface area (Å²) in [4.78, 5) is 18.4. The fraction of sp³-hybridized carbons (Fsp3) is 0.583. The molecule has 1 aliphatic rings. The Kier molecular flexibility index (Phi) is 4.14. The van der Waals surface area contributed by atoms with E-state index in [0.29, 0.717) is 12.8 Å². The molecule has 19 heavy (non-hydrogen) atoms. The smallest absolute Gasteiger partial charge is 0.339 e. The second-order valence-corrected chi connectivity index (χ2v) is 7.04. The Hall–Kier alpha value is -1.50. The summed E-state index contributed by atoms with van der Waals surface area (Å²) in [5.41, 5.74) is -0.0602. The van der Waals surface area contributed by atoms with Crippen molar-refractivity contribution in [1.29, 1.82) is 0 Å². The third-order valence-corrected chi connectivity index (χ3v) is 5.59. The highest BCUT2D eigenvalue weighted by atomic mass is 32.2. The number of hydrogen-bond acceptors (Lipinski definition) is 5. The zero-order valence-corrected chi connectivity index (χ0v) is 11.3. The molecule has 0 unspecified atom stereocenters. The fourth-order valence-corrected chi connectivity index (χ4v) is 4.28. The monoisotopic (exact) mass is 284 g/mol. The number of carboxylic acid groups (broad SMARTS) is 1. The van der Waals surface area contributed by atoms with Gasteiger partial charge in [0, 0.05) is 6.20 Å². The average molecular weight is 284 g/mol. The first kappa shape index (κ1) is 13.9. The standard InChI is InChI=1S/C12H16N2O4S/c15-12(16)10-6-13-8-14-11(10)7-19(17,18)9-4-2-1-3-5-9/h6,8-9H,1-5,7H2,(H,15,16). The van der Waals surface area contributed by atoms with E-state index >= 15 is 0 Å². The summed E-state index contributed by atoms with van der Waals surface area (Å²) in [6.45, 7) is 0. The molecule has 6 nitrogen and oxygen atoms in total. The molecule has 7 heteroatoms. The molecule has 0 spiro atoms. The van der Waals surface area contributed by atoms with E-state index in [1.807, 2.05) is 0 Å². The quantitative estimate of drug-likeness (QED) is 0.898. The van der Waals surface area contributed by atoms with Gasteiger partial charge in [0.1, 0.15) is 11.9 Å². The predicted molar refractivity (Wildman–Crippen MR) is 68.5 cm³/mol. The van der Waals surface area contributed by atoms with E-state index in [4.69, 9.17) is 5.11 Å². The number of rotatable bonds is 4. The summed E-state index contributed by atoms with van der Waals surface area (Å²) in [6.07, 6.45) is 6.55. The van der Waals surface area contributed by atoms with Gasteiger partial charge in [0.25, 0.3) is 0 Å². The molecule has 0 saturated heterocycles. The van der Waals surface area contributed by atoms with Crippen LogP contribution in [0.1, 0.15) is 48.2 Å². The molecule has 0 aromatic carbocycles. The second-order valence-electron chi connectivity index (χ2n) is 4.76. The lowest BCUT2D eigenvalue weighted by molar-refractivity contribution is 0.0695. The number of nitrogens with zero attached hydrogens (tertiary/aromatic N) is 2. The Morgan fingerprint density at radius 1 is 1.32 bits per heavy atom. The summed E-state index contributed by atoms with van der Waals surface area (Å²) < 4.78 is 24.6. The van der Waals surface area contributed by atoms with Crippen LogP contribution in [0, 0.1) is 0 Å². The van der Waals surface area contributed by atoms with E-state index in [1.54, 1.807) is 0 Å². The van der Waals surface area contributed by atoms with Gasteiger partial charge in [0.05, 0.1) is 16.7 Å². The molecule has 1 heterocycles. The maximum atomic E-state index is 12.3. The third-order valence-electron chi connectivity index (χ3n) is 3.42. The molecule has 0 radical (unpaired) electrons. The first-order valence-electron chi connectivity index (χ1n) is 6.24. The van der Waals surface area contributed by atoms with Crippen LogP contribution in [0.2, 0.25) is 0 Å². The van der Waals surface area contributed by atoms with Crippen LogP contribution in [0.3, 0.4) is 0 Å². The van der Waals surface area contributed by atoms with E-state index in [9.17, 15) is 13.2 Å². The minimum Gasteiger partial charge on any atom is -0.478 e. The minimum absolute atomic E-state index is 0.0769. The van der Waals surface area contributed by atoms with Crippen LogP contribution < -0.4 is 0 Å². The average Bonchev–Trinajstić information content (AvgIpc) is 2.39. The molecule has 1 saturated carbocycles. The van der Waals surface area contributed by atoms with Crippen LogP contribution in [-0.2, 0) is 15.6 Å². The topological polar surface area (TPSA) is 97.2 Å². The van der Waals surface area contributed by atoms with Gasteiger partial charge in [-0.1, -0.05) is 19.3 Å². The van der Waals surface area contributed by atoms with E-state index in [1.165, 1.54) is 6.33 Å². The summed E-state index contributed by atoms with van der Waals surface area (Å²) >= 11 is 0. The normalized spacial score (nSPS) is 17.3. The SMILES string of the molecule is O=C(O)c1cncnc1CS(=O)(=O)C1CCCCC1. The number of carboxylic acids is 1. The van der Waals surface area contributed by atoms with Crippen molar-refractivity contribution >= 4 is 15.8 Å². The van der Waals surface area contributed by atoms with E-state index in [0.717, 1.165) is 25.5 Å². The summed E-state index contributed by atoms with van der Waals surface area (Å²) in [6, 6.07) is 0. The number of hydrogen-bond donors (Lipinski definition) is 1. The Balaban J connectivity index is 2.22. The van der Waals surface area contributed by atoms with Crippen LogP contribution >= 0.6 is 0 Å². The number of carbonyl (C=O) groups is 1. The maximum Gasteiger partial charge on any atom is 0.339 e. The molecule has 1 aliphatic carbocycles. The Labute approximate surface area is 111 Å². The van der Waals surface area contributed by atoms with Crippen molar-refractivity contribution in [3.63, 3.8) is 0 Å². The van der Waals surface area contributed by atoms with Gasteiger partial charge in [-0.3, -0.25) is 0 Å². The Morgan fingerprint density at radius 3 is 2.63 bits per heavy atom. The molecule has 1 N–H and O–H groups in total. The number of aromatic carboxylic acids is 1. The highest BCUT2D eigenvalue weighted by Gasteiger charge is 2.29. The molecule has 1 fully saturated rings. The molecule has 2 rings (SSSR count). The van der Waals surface area contributed by atoms with Crippen molar-refractivity contribution in [3.05, 3.63) is 23.8 Å². The molecule has 0 amide bonds. The van der Waals surface area contributed by atoms with Crippen molar-refractivity contribution in [2.75, 3.05) is 0 Å². The van der Waals surface area contributed by atoms with Crippen molar-refractivity contribution in [2.45, 2.75) is 43.1 Å². The van der Waals surface area contributed by atoms with E-state index < -0.39 is 15.8 Å². The molecule has 0 bridgehead atoms. The Morgan fingerprint density at radius 2 is 2.00 bits per heavy atom. The number of aromatic nitrogens is 2. The highest BCUT2D eigenvalue weighted by Crippen LogP contribution is 2.26. The van der Waals surface area contributed by atoms with E-state index in [-0.39, 0.29) is 22.3 Å². The first-order valence-corrected chi connectivity index (χ1v) is 7.96. The van der Waals surface area contributed by atoms with Gasteiger partial charge in [-0.15, -0.1) is 0 Å². The third kappa shape index (κ3) is 3.28. The van der Waals surface area contributed by atoms with Crippen LogP contribution in [0.15, 0.2) is 12.5 Å². The molecule has 0 aliphatic heterocycles. The van der Waals surface area contributed by atoms with Gasteiger partial charge in [-0.05, 0) is 12.8 Å². The van der Waals surface area contributed by atoms with Gasteiger partial charge in [0.2, 0.25) is 0 Å². The van der Waals surface area contributed by atoms with Gasteiger partial charge < -0.3 is 5.11 Å².